The van der Waals surface area contributed by atoms with E-state index in [1.807, 2.05) is 41.5 Å². The van der Waals surface area contributed by atoms with E-state index in [1.54, 1.807) is 21.6 Å². The van der Waals surface area contributed by atoms with Crippen molar-refractivity contribution >= 4 is 45.3 Å². The van der Waals surface area contributed by atoms with Crippen LogP contribution in [0.25, 0.3) is 0 Å². The first kappa shape index (κ1) is 26.8. The van der Waals surface area contributed by atoms with Crippen LogP contribution in [0.2, 0.25) is 0 Å². The Morgan fingerprint density at radius 2 is 1.60 bits per heavy atom. The van der Waals surface area contributed by atoms with Crippen LogP contribution in [0, 0.1) is 0 Å². The minimum absolute atomic E-state index is 0.167. The molecule has 1 rings (SSSR count). The van der Waals surface area contributed by atoms with Gasteiger partial charge in [0.2, 0.25) is 17.7 Å². The minimum atomic E-state index is -0.660. The van der Waals surface area contributed by atoms with Gasteiger partial charge >= 0.3 is 5.97 Å². The van der Waals surface area contributed by atoms with Crippen molar-refractivity contribution in [3.8, 4) is 0 Å². The first-order valence-corrected chi connectivity index (χ1v) is 12.2. The van der Waals surface area contributed by atoms with Crippen LogP contribution in [0.5, 0.6) is 0 Å². The summed E-state index contributed by atoms with van der Waals surface area (Å²) >= 11 is 0. The first-order valence-electron chi connectivity index (χ1n) is 9.85. The molecule has 10 heteroatoms. The lowest BCUT2D eigenvalue weighted by atomic mass is 10.1. The molecule has 1 saturated heterocycles. The molecule has 8 nitrogen and oxygen atoms in total. The lowest BCUT2D eigenvalue weighted by Crippen LogP contribution is -2.52. The molecule has 0 aromatic heterocycles. The van der Waals surface area contributed by atoms with Gasteiger partial charge in [-0.2, -0.15) is 0 Å². The molecule has 1 N–H and O–H groups in total. The van der Waals surface area contributed by atoms with Crippen LogP contribution < -0.4 is 5.32 Å². The van der Waals surface area contributed by atoms with Gasteiger partial charge < -0.3 is 14.8 Å². The molecular formula is C20H34N2O6S2. The molecule has 1 aliphatic heterocycles. The number of rotatable bonds is 12. The van der Waals surface area contributed by atoms with Gasteiger partial charge in [-0.1, -0.05) is 21.6 Å². The fraction of sp³-hybridized carbons (Fsp3) is 0.800. The molecule has 0 bridgehead atoms. The van der Waals surface area contributed by atoms with Gasteiger partial charge in [-0.15, -0.1) is 0 Å². The average molecular weight is 463 g/mol. The van der Waals surface area contributed by atoms with Crippen molar-refractivity contribution in [2.45, 2.75) is 77.2 Å². The van der Waals surface area contributed by atoms with Crippen molar-refractivity contribution in [1.82, 2.24) is 10.2 Å². The summed E-state index contributed by atoms with van der Waals surface area (Å²) < 4.78 is 10.9. The second kappa shape index (κ2) is 10.9. The Bertz CT molecular complexity index is 648. The Labute approximate surface area is 186 Å². The zero-order valence-electron chi connectivity index (χ0n) is 19.0. The number of hydrogen-bond acceptors (Lipinski definition) is 8. The number of amides is 3. The van der Waals surface area contributed by atoms with E-state index in [4.69, 9.17) is 9.47 Å². The molecule has 0 aromatic rings. The maximum Gasteiger partial charge on any atom is 0.302 e. The second-order valence-electron chi connectivity index (χ2n) is 9.24. The van der Waals surface area contributed by atoms with Gasteiger partial charge in [0.15, 0.2) is 0 Å². The van der Waals surface area contributed by atoms with Gasteiger partial charge in [0, 0.05) is 25.5 Å². The molecule has 0 aliphatic carbocycles. The molecule has 1 aliphatic rings. The summed E-state index contributed by atoms with van der Waals surface area (Å²) in [7, 11) is 3.27. The summed E-state index contributed by atoms with van der Waals surface area (Å²) in [6.45, 7) is 13.4. The summed E-state index contributed by atoms with van der Waals surface area (Å²) in [4.78, 5) is 47.6. The number of esters is 1. The van der Waals surface area contributed by atoms with Crippen molar-refractivity contribution in [2.24, 2.45) is 0 Å². The van der Waals surface area contributed by atoms with E-state index in [1.165, 1.54) is 6.92 Å². The molecule has 3 amide bonds. The molecular weight excluding hydrogens is 428 g/mol. The highest BCUT2D eigenvalue weighted by Gasteiger charge is 2.33. The Morgan fingerprint density at radius 3 is 2.13 bits per heavy atom. The lowest BCUT2D eigenvalue weighted by molar-refractivity contribution is -0.143. The third-order valence-electron chi connectivity index (χ3n) is 4.07. The number of nitrogens with one attached hydrogen (secondary N) is 1. The highest BCUT2D eigenvalue weighted by molar-refractivity contribution is 8.77. The highest BCUT2D eigenvalue weighted by atomic mass is 33.1. The van der Waals surface area contributed by atoms with Gasteiger partial charge in [-0.05, 0) is 41.5 Å². The third kappa shape index (κ3) is 10.2. The molecule has 1 heterocycles. The van der Waals surface area contributed by atoms with Crippen LogP contribution in [-0.2, 0) is 28.7 Å². The van der Waals surface area contributed by atoms with Crippen molar-refractivity contribution in [1.29, 1.82) is 0 Å². The summed E-state index contributed by atoms with van der Waals surface area (Å²) in [5.41, 5.74) is -1.11. The molecule has 172 valence electrons. The van der Waals surface area contributed by atoms with Crippen LogP contribution >= 0.6 is 21.6 Å². The maximum absolute atomic E-state index is 12.3. The van der Waals surface area contributed by atoms with E-state index < -0.39 is 11.1 Å². The van der Waals surface area contributed by atoms with Crippen LogP contribution in [0.1, 0.15) is 61.3 Å². The summed E-state index contributed by atoms with van der Waals surface area (Å²) in [6.07, 6.45) is 0.334. The average Bonchev–Trinajstić information content (AvgIpc) is 2.90. The summed E-state index contributed by atoms with van der Waals surface area (Å²) in [5.74, 6) is -0.600. The summed E-state index contributed by atoms with van der Waals surface area (Å²) in [5, 5.41) is 2.83. The number of carbonyl (C=O) groups excluding carboxylic acids is 4. The lowest BCUT2D eigenvalue weighted by Gasteiger charge is -2.33. The fourth-order valence-corrected chi connectivity index (χ4v) is 5.43. The smallest absolute Gasteiger partial charge is 0.302 e. The van der Waals surface area contributed by atoms with Gasteiger partial charge in [0.05, 0.1) is 22.5 Å². The predicted octanol–water partition coefficient (Wildman–Crippen LogP) is 2.55. The van der Waals surface area contributed by atoms with Gasteiger partial charge in [0.1, 0.15) is 13.2 Å². The van der Waals surface area contributed by atoms with Crippen LogP contribution in [0.3, 0.4) is 0 Å². The largest absolute Gasteiger partial charge is 0.464 e. The maximum atomic E-state index is 12.3. The van der Waals surface area contributed by atoms with Crippen LogP contribution in [0.4, 0.5) is 0 Å². The van der Waals surface area contributed by atoms with Gasteiger partial charge in [-0.25, -0.2) is 0 Å². The monoisotopic (exact) mass is 462 g/mol. The van der Waals surface area contributed by atoms with E-state index in [2.05, 4.69) is 5.32 Å². The molecule has 0 spiro atoms. The number of nitrogens with zero attached hydrogens (tertiary/aromatic N) is 1. The highest BCUT2D eigenvalue weighted by Crippen LogP contribution is 2.38. The molecule has 1 fully saturated rings. The molecule has 0 unspecified atom stereocenters. The summed E-state index contributed by atoms with van der Waals surface area (Å²) in [6, 6.07) is 0. The number of carbonyl (C=O) groups is 4. The Balaban J connectivity index is 2.41. The van der Waals surface area contributed by atoms with Gasteiger partial charge in [-0.3, -0.25) is 24.1 Å². The van der Waals surface area contributed by atoms with Crippen LogP contribution in [-0.4, -0.2) is 70.0 Å². The van der Waals surface area contributed by atoms with E-state index in [9.17, 15) is 19.2 Å². The third-order valence-corrected chi connectivity index (χ3v) is 7.63. The number of hydrogen-bond donors (Lipinski definition) is 1. The number of ether oxygens (including phenoxy) is 2. The molecule has 30 heavy (non-hydrogen) atoms. The minimum Gasteiger partial charge on any atom is -0.464 e. The number of imide groups is 1. The first-order chi connectivity index (χ1) is 13.6. The fourth-order valence-electron chi connectivity index (χ4n) is 2.44. The van der Waals surface area contributed by atoms with Crippen molar-refractivity contribution in [3.05, 3.63) is 0 Å². The Kier molecular flexibility index (Phi) is 9.69. The molecule has 0 atom stereocenters. The van der Waals surface area contributed by atoms with Gasteiger partial charge in [0.25, 0.3) is 0 Å². The van der Waals surface area contributed by atoms with Crippen molar-refractivity contribution < 1.29 is 28.7 Å². The van der Waals surface area contributed by atoms with E-state index >= 15 is 0 Å². The topological polar surface area (TPSA) is 102 Å². The second-order valence-corrected chi connectivity index (χ2v) is 12.2. The van der Waals surface area contributed by atoms with E-state index in [-0.39, 0.29) is 54.4 Å². The predicted molar refractivity (Wildman–Crippen MR) is 119 cm³/mol. The van der Waals surface area contributed by atoms with Crippen LogP contribution in [0.15, 0.2) is 0 Å². The Hall–Kier alpha value is -1.26. The molecule has 0 saturated carbocycles. The molecule has 0 aromatic carbocycles. The zero-order valence-corrected chi connectivity index (χ0v) is 20.6. The standard InChI is InChI=1S/C20H34N2O6S2/c1-14(23)27-12-20(6,7)30-29-13-19(4,5)28-11-18(2,3)21-15(24)10-22-16(25)8-9-17(22)26/h8-13H2,1-7H3,(H,21,24). The normalized spacial score (nSPS) is 15.5. The molecule has 0 radical (unpaired) electrons. The Morgan fingerprint density at radius 1 is 1.03 bits per heavy atom. The number of likely N-dealkylation sites (tertiary alicyclic amines) is 1. The van der Waals surface area contributed by atoms with Crippen molar-refractivity contribution in [2.75, 3.05) is 25.5 Å². The zero-order chi connectivity index (χ0) is 23.2. The SMILES string of the molecule is CC(=O)OCC(C)(C)SSCC(C)(C)OCC(C)(C)NC(=O)CN1C(=O)CCC1=O. The van der Waals surface area contributed by atoms with Crippen molar-refractivity contribution in [3.63, 3.8) is 0 Å². The quantitative estimate of drug-likeness (QED) is 0.268. The van der Waals surface area contributed by atoms with E-state index in [0.717, 1.165) is 4.90 Å². The van der Waals surface area contributed by atoms with E-state index in [0.29, 0.717) is 12.4 Å².